The highest BCUT2D eigenvalue weighted by molar-refractivity contribution is 6.00. The van der Waals surface area contributed by atoms with Gasteiger partial charge in [0, 0.05) is 22.9 Å². The van der Waals surface area contributed by atoms with Gasteiger partial charge in [0.05, 0.1) is 5.69 Å². The first-order valence-electron chi connectivity index (χ1n) is 5.23. The van der Waals surface area contributed by atoms with Crippen molar-refractivity contribution in [3.8, 4) is 11.1 Å². The third kappa shape index (κ3) is 1.16. The van der Waals surface area contributed by atoms with Gasteiger partial charge in [-0.15, -0.1) is 0 Å². The summed E-state index contributed by atoms with van der Waals surface area (Å²) in [5, 5.41) is 7.05. The van der Waals surface area contributed by atoms with Crippen molar-refractivity contribution < 1.29 is 4.79 Å². The molecule has 0 radical (unpaired) electrons. The number of hydrogen-bond donors (Lipinski definition) is 2. The first kappa shape index (κ1) is 9.15. The van der Waals surface area contributed by atoms with Crippen LogP contribution >= 0.6 is 0 Å². The average molecular weight is 213 g/mol. The molecule has 80 valence electrons. The summed E-state index contributed by atoms with van der Waals surface area (Å²) in [6, 6.07) is 1.84. The number of carbonyl (C=O) groups excluding carboxylic acids is 1. The Morgan fingerprint density at radius 1 is 1.50 bits per heavy atom. The first-order chi connectivity index (χ1) is 7.77. The largest absolute Gasteiger partial charge is 0.366 e. The van der Waals surface area contributed by atoms with E-state index in [4.69, 9.17) is 5.73 Å². The standard InChI is InChI=1S/C12H11N3O/c13-12(16)9-5-7-6-14-15-10-4-2-1-3-8(9)11(7)10/h2,4-6,14H,1,3H2,(H2,13,16). The van der Waals surface area contributed by atoms with Crippen LogP contribution in [0.3, 0.4) is 0 Å². The third-order valence-corrected chi connectivity index (χ3v) is 2.98. The average Bonchev–Trinajstić information content (AvgIpc) is 2.50. The second kappa shape index (κ2) is 3.20. The molecule has 0 spiro atoms. The Kier molecular flexibility index (Phi) is 1.83. The van der Waals surface area contributed by atoms with Crippen molar-refractivity contribution in [1.29, 1.82) is 0 Å². The number of nitrogens with two attached hydrogens (primary N) is 1. The molecule has 16 heavy (non-hydrogen) atoms. The van der Waals surface area contributed by atoms with E-state index in [0.717, 1.165) is 35.2 Å². The molecule has 0 bridgehead atoms. The van der Waals surface area contributed by atoms with E-state index in [1.165, 1.54) is 0 Å². The molecule has 1 heterocycles. The number of aromatic amines is 1. The quantitative estimate of drug-likeness (QED) is 0.754. The Morgan fingerprint density at radius 3 is 3.19 bits per heavy atom. The van der Waals surface area contributed by atoms with Crippen molar-refractivity contribution in [2.75, 3.05) is 0 Å². The van der Waals surface area contributed by atoms with Gasteiger partial charge in [-0.25, -0.2) is 0 Å². The number of carbonyl (C=O) groups is 1. The Morgan fingerprint density at radius 2 is 2.38 bits per heavy atom. The van der Waals surface area contributed by atoms with Crippen LogP contribution in [0, 0.1) is 0 Å². The lowest BCUT2D eigenvalue weighted by molar-refractivity contribution is 0.1000. The maximum absolute atomic E-state index is 11.4. The molecule has 4 nitrogen and oxygen atoms in total. The normalized spacial score (nSPS) is 14.0. The molecule has 0 atom stereocenters. The predicted molar refractivity (Wildman–Crippen MR) is 61.1 cm³/mol. The Labute approximate surface area is 92.5 Å². The van der Waals surface area contributed by atoms with E-state index in [1.54, 1.807) is 6.20 Å². The molecule has 0 aromatic rings. The van der Waals surface area contributed by atoms with Gasteiger partial charge in [0.2, 0.25) is 5.91 Å². The van der Waals surface area contributed by atoms with Crippen LogP contribution in [-0.2, 0) is 6.42 Å². The molecule has 0 unspecified atom stereocenters. The van der Waals surface area contributed by atoms with Gasteiger partial charge in [-0.05, 0) is 30.5 Å². The van der Waals surface area contributed by atoms with Crippen LogP contribution in [0.5, 0.6) is 0 Å². The van der Waals surface area contributed by atoms with E-state index in [2.05, 4.69) is 16.3 Å². The lowest BCUT2D eigenvalue weighted by atomic mass is 10.0. The van der Waals surface area contributed by atoms with Crippen molar-refractivity contribution in [2.45, 2.75) is 12.8 Å². The molecular weight excluding hydrogens is 202 g/mol. The topological polar surface area (TPSA) is 71.8 Å². The van der Waals surface area contributed by atoms with Crippen molar-refractivity contribution in [3.05, 3.63) is 35.2 Å². The van der Waals surface area contributed by atoms with Gasteiger partial charge < -0.3 is 5.73 Å². The van der Waals surface area contributed by atoms with Crippen molar-refractivity contribution in [1.82, 2.24) is 10.2 Å². The van der Waals surface area contributed by atoms with Gasteiger partial charge in [0.15, 0.2) is 0 Å². The minimum atomic E-state index is -0.362. The lowest BCUT2D eigenvalue weighted by Crippen LogP contribution is -2.11. The molecular formula is C12H11N3O. The molecule has 2 aliphatic carbocycles. The fourth-order valence-corrected chi connectivity index (χ4v) is 2.29. The second-order valence-electron chi connectivity index (χ2n) is 3.94. The minimum absolute atomic E-state index is 0.362. The summed E-state index contributed by atoms with van der Waals surface area (Å²) in [5.74, 6) is -0.362. The summed E-state index contributed by atoms with van der Waals surface area (Å²) in [4.78, 5) is 11.4. The second-order valence-corrected chi connectivity index (χ2v) is 3.94. The summed E-state index contributed by atoms with van der Waals surface area (Å²) >= 11 is 0. The van der Waals surface area contributed by atoms with Crippen LogP contribution in [0.15, 0.2) is 18.3 Å². The summed E-state index contributed by atoms with van der Waals surface area (Å²) < 4.78 is 0. The first-order valence-corrected chi connectivity index (χ1v) is 5.23. The molecule has 0 saturated carbocycles. The molecule has 1 amide bonds. The van der Waals surface area contributed by atoms with Gasteiger partial charge in [-0.2, -0.15) is 5.10 Å². The van der Waals surface area contributed by atoms with Crippen LogP contribution in [0.1, 0.15) is 28.0 Å². The smallest absolute Gasteiger partial charge is 0.249 e. The van der Waals surface area contributed by atoms with Crippen LogP contribution in [-0.4, -0.2) is 16.1 Å². The Balaban J connectivity index is 2.38. The zero-order chi connectivity index (χ0) is 11.1. The van der Waals surface area contributed by atoms with E-state index >= 15 is 0 Å². The van der Waals surface area contributed by atoms with Gasteiger partial charge in [0.25, 0.3) is 0 Å². The van der Waals surface area contributed by atoms with E-state index in [-0.39, 0.29) is 5.91 Å². The van der Waals surface area contributed by atoms with Crippen molar-refractivity contribution >= 4 is 12.0 Å². The highest BCUT2D eigenvalue weighted by Crippen LogP contribution is 2.36. The lowest BCUT2D eigenvalue weighted by Gasteiger charge is -2.04. The summed E-state index contributed by atoms with van der Waals surface area (Å²) in [6.45, 7) is 0. The minimum Gasteiger partial charge on any atom is -0.366 e. The number of aromatic nitrogens is 2. The SMILES string of the molecule is NC(=O)c1cc2c[nH]nc3c-2c1CCC=C3. The maximum atomic E-state index is 11.4. The van der Waals surface area contributed by atoms with E-state index < -0.39 is 0 Å². The van der Waals surface area contributed by atoms with E-state index in [0.29, 0.717) is 5.56 Å². The number of hydrogen-bond acceptors (Lipinski definition) is 2. The number of amides is 1. The Hall–Kier alpha value is -2.10. The van der Waals surface area contributed by atoms with Gasteiger partial charge in [0.1, 0.15) is 0 Å². The third-order valence-electron chi connectivity index (χ3n) is 2.98. The van der Waals surface area contributed by atoms with Crippen molar-refractivity contribution in [3.63, 3.8) is 0 Å². The predicted octanol–water partition coefficient (Wildman–Crippen LogP) is 1.57. The van der Waals surface area contributed by atoms with Gasteiger partial charge in [-0.3, -0.25) is 9.89 Å². The molecule has 0 aromatic heterocycles. The number of rotatable bonds is 1. The van der Waals surface area contributed by atoms with Gasteiger partial charge >= 0.3 is 0 Å². The molecule has 0 fully saturated rings. The maximum Gasteiger partial charge on any atom is 0.249 e. The molecule has 3 N–H and O–H groups in total. The Bertz CT molecular complexity index is 568. The molecule has 3 rings (SSSR count). The molecule has 3 aliphatic rings. The highest BCUT2D eigenvalue weighted by Gasteiger charge is 2.22. The van der Waals surface area contributed by atoms with E-state index in [9.17, 15) is 4.79 Å². The number of primary amides is 1. The highest BCUT2D eigenvalue weighted by atomic mass is 16.1. The molecule has 4 heteroatoms. The van der Waals surface area contributed by atoms with Crippen LogP contribution in [0.2, 0.25) is 0 Å². The molecule has 1 aliphatic heterocycles. The van der Waals surface area contributed by atoms with Crippen molar-refractivity contribution in [2.24, 2.45) is 5.73 Å². The zero-order valence-electron chi connectivity index (χ0n) is 8.66. The summed E-state index contributed by atoms with van der Waals surface area (Å²) in [6.07, 6.45) is 7.61. The molecule has 0 aromatic carbocycles. The van der Waals surface area contributed by atoms with Crippen LogP contribution in [0.4, 0.5) is 0 Å². The number of nitrogens with zero attached hydrogens (tertiary/aromatic N) is 1. The van der Waals surface area contributed by atoms with E-state index in [1.807, 2.05) is 12.1 Å². The fourth-order valence-electron chi connectivity index (χ4n) is 2.29. The van der Waals surface area contributed by atoms with Crippen LogP contribution in [0.25, 0.3) is 17.2 Å². The van der Waals surface area contributed by atoms with Crippen LogP contribution < -0.4 is 5.73 Å². The van der Waals surface area contributed by atoms with Gasteiger partial charge in [-0.1, -0.05) is 6.08 Å². The number of nitrogens with one attached hydrogen (secondary N) is 1. The summed E-state index contributed by atoms with van der Waals surface area (Å²) in [5.41, 5.74) is 9.99. The number of allylic oxidation sites excluding steroid dienone is 1. The zero-order valence-corrected chi connectivity index (χ0v) is 8.66. The monoisotopic (exact) mass is 213 g/mol. The summed E-state index contributed by atoms with van der Waals surface area (Å²) in [7, 11) is 0. The fraction of sp³-hybridized carbons (Fsp3) is 0.167. The molecule has 0 saturated heterocycles. The number of H-pyrrole nitrogens is 1.